The standard InChI is InChI=1S/C14H16Cl2FNO/c15-10-5-11(16)14(12(17)6-10)19-13(8-1-2-8)9-3-4-18-7-9/h5-6,8-9,13,18H,1-4,7H2/t9-,13-/m0/s1. The summed E-state index contributed by atoms with van der Waals surface area (Å²) >= 11 is 11.8. The summed E-state index contributed by atoms with van der Waals surface area (Å²) in [6, 6.07) is 2.78. The summed E-state index contributed by atoms with van der Waals surface area (Å²) in [7, 11) is 0. The average molecular weight is 304 g/mol. The Balaban J connectivity index is 1.81. The molecule has 1 aliphatic heterocycles. The van der Waals surface area contributed by atoms with Gasteiger partial charge in [-0.25, -0.2) is 4.39 Å². The van der Waals surface area contributed by atoms with E-state index in [-0.39, 0.29) is 16.9 Å². The molecule has 3 rings (SSSR count). The normalized spacial score (nSPS) is 24.5. The van der Waals surface area contributed by atoms with Crippen molar-refractivity contribution in [2.24, 2.45) is 11.8 Å². The van der Waals surface area contributed by atoms with Crippen LogP contribution in [0.15, 0.2) is 12.1 Å². The highest BCUT2D eigenvalue weighted by molar-refractivity contribution is 6.35. The van der Waals surface area contributed by atoms with E-state index in [4.69, 9.17) is 27.9 Å². The Hall–Kier alpha value is -0.510. The van der Waals surface area contributed by atoms with Crippen molar-refractivity contribution >= 4 is 23.2 Å². The van der Waals surface area contributed by atoms with Gasteiger partial charge in [0.1, 0.15) is 6.10 Å². The predicted octanol–water partition coefficient (Wildman–Crippen LogP) is 3.90. The minimum Gasteiger partial charge on any atom is -0.485 e. The second-order valence-corrected chi connectivity index (χ2v) is 6.21. The molecule has 1 aliphatic carbocycles. The van der Waals surface area contributed by atoms with Gasteiger partial charge in [-0.1, -0.05) is 23.2 Å². The number of hydrogen-bond acceptors (Lipinski definition) is 2. The van der Waals surface area contributed by atoms with E-state index in [0.717, 1.165) is 32.4 Å². The molecule has 104 valence electrons. The van der Waals surface area contributed by atoms with Crippen molar-refractivity contribution in [3.63, 3.8) is 0 Å². The molecule has 1 N–H and O–H groups in total. The van der Waals surface area contributed by atoms with E-state index in [1.165, 1.54) is 12.1 Å². The lowest BCUT2D eigenvalue weighted by Crippen LogP contribution is -2.31. The molecule has 0 radical (unpaired) electrons. The van der Waals surface area contributed by atoms with E-state index in [2.05, 4.69) is 5.32 Å². The minimum absolute atomic E-state index is 0.0585. The Morgan fingerprint density at radius 2 is 2.00 bits per heavy atom. The van der Waals surface area contributed by atoms with Gasteiger partial charge in [0.15, 0.2) is 11.6 Å². The van der Waals surface area contributed by atoms with E-state index < -0.39 is 5.82 Å². The topological polar surface area (TPSA) is 21.3 Å². The van der Waals surface area contributed by atoms with Gasteiger partial charge in [-0.15, -0.1) is 0 Å². The van der Waals surface area contributed by atoms with Gasteiger partial charge in [-0.3, -0.25) is 0 Å². The van der Waals surface area contributed by atoms with Crippen molar-refractivity contribution in [1.29, 1.82) is 0 Å². The van der Waals surface area contributed by atoms with Gasteiger partial charge in [0.05, 0.1) is 5.02 Å². The number of halogens is 3. The van der Waals surface area contributed by atoms with Crippen molar-refractivity contribution < 1.29 is 9.13 Å². The summed E-state index contributed by atoms with van der Waals surface area (Å²) in [5, 5.41) is 3.88. The fraction of sp³-hybridized carbons (Fsp3) is 0.571. The molecule has 2 atom stereocenters. The van der Waals surface area contributed by atoms with Crippen molar-refractivity contribution in [2.45, 2.75) is 25.4 Å². The lowest BCUT2D eigenvalue weighted by atomic mass is 9.97. The van der Waals surface area contributed by atoms with Crippen LogP contribution in [0.3, 0.4) is 0 Å². The van der Waals surface area contributed by atoms with Gasteiger partial charge < -0.3 is 10.1 Å². The maximum absolute atomic E-state index is 13.9. The number of benzene rings is 1. The minimum atomic E-state index is -0.478. The SMILES string of the molecule is Fc1cc(Cl)cc(Cl)c1O[C@@H](C1CC1)[C@H]1CCNC1. The van der Waals surface area contributed by atoms with E-state index in [9.17, 15) is 4.39 Å². The fourth-order valence-electron chi connectivity index (χ4n) is 2.74. The van der Waals surface area contributed by atoms with Crippen LogP contribution in [0, 0.1) is 17.7 Å². The zero-order chi connectivity index (χ0) is 13.4. The first-order valence-corrected chi connectivity index (χ1v) is 7.42. The van der Waals surface area contributed by atoms with Crippen molar-refractivity contribution in [3.8, 4) is 5.75 Å². The van der Waals surface area contributed by atoms with Gasteiger partial charge in [-0.05, 0) is 43.9 Å². The van der Waals surface area contributed by atoms with E-state index in [0.29, 0.717) is 16.9 Å². The number of ether oxygens (including phenoxy) is 1. The highest BCUT2D eigenvalue weighted by Crippen LogP contribution is 2.42. The number of nitrogens with one attached hydrogen (secondary N) is 1. The molecule has 1 saturated heterocycles. The number of rotatable bonds is 4. The van der Waals surface area contributed by atoms with Gasteiger partial charge in [-0.2, -0.15) is 0 Å². The zero-order valence-electron chi connectivity index (χ0n) is 10.5. The third-order valence-electron chi connectivity index (χ3n) is 3.87. The van der Waals surface area contributed by atoms with Crippen LogP contribution in [-0.2, 0) is 0 Å². The summed E-state index contributed by atoms with van der Waals surface area (Å²) < 4.78 is 19.9. The second kappa shape index (κ2) is 5.47. The van der Waals surface area contributed by atoms with E-state index in [1.54, 1.807) is 0 Å². The van der Waals surface area contributed by atoms with Gasteiger partial charge in [0.25, 0.3) is 0 Å². The first kappa shape index (κ1) is 13.5. The van der Waals surface area contributed by atoms with Gasteiger partial charge in [0.2, 0.25) is 0 Å². The van der Waals surface area contributed by atoms with Crippen molar-refractivity contribution in [3.05, 3.63) is 28.0 Å². The van der Waals surface area contributed by atoms with Crippen LogP contribution in [0.5, 0.6) is 5.75 Å². The molecule has 0 spiro atoms. The Morgan fingerprint density at radius 3 is 2.58 bits per heavy atom. The summed E-state index contributed by atoms with van der Waals surface area (Å²) in [5.41, 5.74) is 0. The summed E-state index contributed by atoms with van der Waals surface area (Å²) in [4.78, 5) is 0. The molecule has 1 heterocycles. The Morgan fingerprint density at radius 1 is 1.21 bits per heavy atom. The predicted molar refractivity (Wildman–Crippen MR) is 74.5 cm³/mol. The maximum Gasteiger partial charge on any atom is 0.174 e. The summed E-state index contributed by atoms with van der Waals surface area (Å²) in [5.74, 6) is 0.652. The monoisotopic (exact) mass is 303 g/mol. The van der Waals surface area contributed by atoms with Crippen molar-refractivity contribution in [2.75, 3.05) is 13.1 Å². The summed E-state index contributed by atoms with van der Waals surface area (Å²) in [6.45, 7) is 1.95. The molecule has 1 aromatic carbocycles. The Bertz CT molecular complexity index is 450. The molecule has 0 aromatic heterocycles. The maximum atomic E-state index is 13.9. The highest BCUT2D eigenvalue weighted by Gasteiger charge is 2.40. The molecular weight excluding hydrogens is 288 g/mol. The smallest absolute Gasteiger partial charge is 0.174 e. The first-order chi connectivity index (χ1) is 9.15. The van der Waals surface area contributed by atoms with E-state index >= 15 is 0 Å². The van der Waals surface area contributed by atoms with Crippen LogP contribution in [0.4, 0.5) is 4.39 Å². The lowest BCUT2D eigenvalue weighted by Gasteiger charge is -2.25. The second-order valence-electron chi connectivity index (χ2n) is 5.37. The average Bonchev–Trinajstić information content (AvgIpc) is 3.03. The molecule has 2 aliphatic rings. The van der Waals surface area contributed by atoms with Crippen LogP contribution in [-0.4, -0.2) is 19.2 Å². The summed E-state index contributed by atoms with van der Waals surface area (Å²) in [6.07, 6.45) is 3.46. The van der Waals surface area contributed by atoms with E-state index in [1.807, 2.05) is 0 Å². The molecule has 1 aromatic rings. The largest absolute Gasteiger partial charge is 0.485 e. The third-order valence-corrected chi connectivity index (χ3v) is 4.37. The van der Waals surface area contributed by atoms with Crippen LogP contribution in [0.25, 0.3) is 0 Å². The Labute approximate surface area is 122 Å². The lowest BCUT2D eigenvalue weighted by molar-refractivity contribution is 0.115. The van der Waals surface area contributed by atoms with Crippen LogP contribution >= 0.6 is 23.2 Å². The molecule has 0 unspecified atom stereocenters. The molecule has 0 bridgehead atoms. The molecule has 19 heavy (non-hydrogen) atoms. The van der Waals surface area contributed by atoms with Crippen LogP contribution in [0.2, 0.25) is 10.0 Å². The Kier molecular flexibility index (Phi) is 3.88. The zero-order valence-corrected chi connectivity index (χ0v) is 12.0. The third kappa shape index (κ3) is 2.99. The number of hydrogen-bond donors (Lipinski definition) is 1. The highest BCUT2D eigenvalue weighted by atomic mass is 35.5. The van der Waals surface area contributed by atoms with Gasteiger partial charge in [0, 0.05) is 17.5 Å². The van der Waals surface area contributed by atoms with Crippen LogP contribution < -0.4 is 10.1 Å². The quantitative estimate of drug-likeness (QED) is 0.911. The van der Waals surface area contributed by atoms with Crippen LogP contribution in [0.1, 0.15) is 19.3 Å². The van der Waals surface area contributed by atoms with Gasteiger partial charge >= 0.3 is 0 Å². The molecule has 2 fully saturated rings. The molecule has 5 heteroatoms. The van der Waals surface area contributed by atoms with Crippen molar-refractivity contribution in [1.82, 2.24) is 5.32 Å². The molecule has 1 saturated carbocycles. The first-order valence-electron chi connectivity index (χ1n) is 6.67. The molecular formula is C14H16Cl2FNO. The molecule has 2 nitrogen and oxygen atoms in total. The fourth-order valence-corrected chi connectivity index (χ4v) is 3.25. The molecule has 0 amide bonds.